The zero-order valence-electron chi connectivity index (χ0n) is 32.3. The Morgan fingerprint density at radius 1 is 0.700 bits per heavy atom. The molecule has 0 radical (unpaired) electrons. The minimum absolute atomic E-state index is 0.0911. The molecule has 0 aromatic heterocycles. The SMILES string of the molecule is C[C@H](CC[C@@H](O)[C@@H](O)[C@@H](O)CO[C@@H]1O[C@H](CN)[C@@H](O)[C@H](O)[C@H]1O)[C@H]1CC[C@@]2(C)[C@@H]1CC[C@]1(C)[C@H]2CC[C@@H]2[C@@]3(C)CCCC(C)(C)[C@@H]3CC[C@]21C. The molecule has 18 atom stereocenters. The van der Waals surface area contributed by atoms with E-state index in [4.69, 9.17) is 15.2 Å². The Hall–Kier alpha value is -0.360. The summed E-state index contributed by atoms with van der Waals surface area (Å²) in [5, 5.41) is 62.7. The molecule has 50 heavy (non-hydrogen) atoms. The second-order valence-corrected chi connectivity index (χ2v) is 20.1. The van der Waals surface area contributed by atoms with Gasteiger partial charge in [-0.15, -0.1) is 0 Å². The Balaban J connectivity index is 1.05. The highest BCUT2D eigenvalue weighted by Gasteiger charge is 2.70. The molecule has 9 heteroatoms. The predicted molar refractivity (Wildman–Crippen MR) is 193 cm³/mol. The van der Waals surface area contributed by atoms with Gasteiger partial charge in [0.1, 0.15) is 36.6 Å². The van der Waals surface area contributed by atoms with E-state index in [0.29, 0.717) is 51.2 Å². The smallest absolute Gasteiger partial charge is 0.186 e. The third-order valence-electron chi connectivity index (χ3n) is 17.5. The number of ether oxygens (including phenoxy) is 2. The van der Waals surface area contributed by atoms with Crippen LogP contribution in [0, 0.1) is 62.6 Å². The molecular weight excluding hydrogens is 634 g/mol. The first-order valence-electron chi connectivity index (χ1n) is 20.4. The zero-order chi connectivity index (χ0) is 36.6. The summed E-state index contributed by atoms with van der Waals surface area (Å²) in [7, 11) is 0. The molecule has 1 heterocycles. The maximum Gasteiger partial charge on any atom is 0.186 e. The summed E-state index contributed by atoms with van der Waals surface area (Å²) in [5.41, 5.74) is 7.62. The number of hydrogen-bond donors (Lipinski definition) is 7. The van der Waals surface area contributed by atoms with Gasteiger partial charge in [0.2, 0.25) is 0 Å². The lowest BCUT2D eigenvalue weighted by Gasteiger charge is -2.73. The quantitative estimate of drug-likeness (QED) is 0.170. The van der Waals surface area contributed by atoms with Crippen LogP contribution in [0.4, 0.5) is 0 Å². The van der Waals surface area contributed by atoms with Gasteiger partial charge in [0.15, 0.2) is 6.29 Å². The lowest BCUT2D eigenvalue weighted by Crippen LogP contribution is -2.65. The summed E-state index contributed by atoms with van der Waals surface area (Å²) in [4.78, 5) is 0. The number of hydrogen-bond acceptors (Lipinski definition) is 9. The van der Waals surface area contributed by atoms with Crippen molar-refractivity contribution in [2.24, 2.45) is 68.3 Å². The molecule has 6 rings (SSSR count). The first-order valence-corrected chi connectivity index (χ1v) is 20.4. The zero-order valence-corrected chi connectivity index (χ0v) is 32.3. The van der Waals surface area contributed by atoms with Crippen LogP contribution in [0.1, 0.15) is 132 Å². The summed E-state index contributed by atoms with van der Waals surface area (Å²) in [6.45, 7) is 17.7. The van der Waals surface area contributed by atoms with Crippen molar-refractivity contribution >= 4 is 0 Å². The van der Waals surface area contributed by atoms with Crippen molar-refractivity contribution in [3.05, 3.63) is 0 Å². The standard InChI is InChI=1S/C41H73NO8/c1-23(9-10-26(43)32(45)27(44)22-49-36-35(48)34(47)33(46)28(21-42)50-36)24-13-18-38(4)25(24)14-19-40(6)30(38)11-12-31-39(5)17-8-16-37(2,3)29(39)15-20-41(31,40)7/h23-36,43-48H,8-22,42H2,1-7H3/t23-,24-,25-,26-,27+,28-,29+,30+,31-,32-,33-,34+,35-,36-,38+,39+,40-,41-/m1/s1. The van der Waals surface area contributed by atoms with Gasteiger partial charge < -0.3 is 45.8 Å². The number of rotatable bonds is 10. The summed E-state index contributed by atoms with van der Waals surface area (Å²) in [6, 6.07) is 0. The highest BCUT2D eigenvalue weighted by atomic mass is 16.7. The topological polar surface area (TPSA) is 166 Å². The van der Waals surface area contributed by atoms with Crippen molar-refractivity contribution < 1.29 is 40.1 Å². The lowest BCUT2D eigenvalue weighted by molar-refractivity contribution is -0.300. The number of aliphatic hydroxyl groups is 6. The maximum atomic E-state index is 10.9. The minimum atomic E-state index is -1.54. The average molecular weight is 708 g/mol. The highest BCUT2D eigenvalue weighted by Crippen LogP contribution is 2.78. The number of aliphatic hydroxyl groups excluding tert-OH is 6. The van der Waals surface area contributed by atoms with E-state index < -0.39 is 55.6 Å². The fourth-order valence-corrected chi connectivity index (χ4v) is 14.6. The summed E-state index contributed by atoms with van der Waals surface area (Å²) in [6.07, 6.45) is 5.33. The Kier molecular flexibility index (Phi) is 11.1. The average Bonchev–Trinajstić information content (AvgIpc) is 3.42. The van der Waals surface area contributed by atoms with Gasteiger partial charge in [0, 0.05) is 6.54 Å². The molecule has 5 aliphatic carbocycles. The van der Waals surface area contributed by atoms with Crippen LogP contribution in [0.2, 0.25) is 0 Å². The van der Waals surface area contributed by atoms with Crippen LogP contribution in [0.5, 0.6) is 0 Å². The molecule has 9 nitrogen and oxygen atoms in total. The fourth-order valence-electron chi connectivity index (χ4n) is 14.6. The molecule has 1 saturated heterocycles. The summed E-state index contributed by atoms with van der Waals surface area (Å²) in [5.74, 6) is 4.11. The van der Waals surface area contributed by atoms with Gasteiger partial charge in [-0.2, -0.15) is 0 Å². The maximum absolute atomic E-state index is 10.9. The second kappa shape index (κ2) is 14.1. The molecule has 0 spiro atoms. The monoisotopic (exact) mass is 708 g/mol. The van der Waals surface area contributed by atoms with Crippen molar-refractivity contribution in [3.63, 3.8) is 0 Å². The van der Waals surface area contributed by atoms with E-state index in [1.165, 1.54) is 70.6 Å². The van der Waals surface area contributed by atoms with Crippen LogP contribution in [-0.4, -0.2) is 92.8 Å². The van der Waals surface area contributed by atoms with Crippen molar-refractivity contribution in [1.29, 1.82) is 0 Å². The van der Waals surface area contributed by atoms with Crippen molar-refractivity contribution in [1.82, 2.24) is 0 Å². The Labute approximate surface area is 302 Å². The molecule has 1 aliphatic heterocycles. The molecule has 0 unspecified atom stereocenters. The lowest BCUT2D eigenvalue weighted by atomic mass is 9.32. The normalized spacial score (nSPS) is 51.0. The van der Waals surface area contributed by atoms with Gasteiger partial charge in [0.25, 0.3) is 0 Å². The first kappa shape index (κ1) is 39.3. The molecule has 290 valence electrons. The summed E-state index contributed by atoms with van der Waals surface area (Å²) >= 11 is 0. The summed E-state index contributed by atoms with van der Waals surface area (Å²) < 4.78 is 10.9. The van der Waals surface area contributed by atoms with E-state index in [2.05, 4.69) is 48.5 Å². The Morgan fingerprint density at radius 2 is 1.34 bits per heavy atom. The largest absolute Gasteiger partial charge is 0.390 e. The van der Waals surface area contributed by atoms with E-state index in [1.807, 2.05) is 0 Å². The van der Waals surface area contributed by atoms with Crippen LogP contribution >= 0.6 is 0 Å². The highest BCUT2D eigenvalue weighted by molar-refractivity contribution is 5.19. The fraction of sp³-hybridized carbons (Fsp3) is 1.00. The predicted octanol–water partition coefficient (Wildman–Crippen LogP) is 4.76. The Morgan fingerprint density at radius 3 is 2.00 bits per heavy atom. The van der Waals surface area contributed by atoms with Crippen molar-refractivity contribution in [2.75, 3.05) is 13.2 Å². The molecule has 6 fully saturated rings. The third-order valence-corrected chi connectivity index (χ3v) is 17.5. The van der Waals surface area contributed by atoms with Crippen LogP contribution in [-0.2, 0) is 9.47 Å². The number of nitrogens with two attached hydrogens (primary N) is 1. The van der Waals surface area contributed by atoms with Gasteiger partial charge in [0.05, 0.1) is 12.7 Å². The second-order valence-electron chi connectivity index (χ2n) is 20.1. The van der Waals surface area contributed by atoms with Gasteiger partial charge in [-0.25, -0.2) is 0 Å². The number of fused-ring (bicyclic) bond motifs is 7. The first-order chi connectivity index (χ1) is 23.4. The van der Waals surface area contributed by atoms with E-state index in [0.717, 1.165) is 24.2 Å². The molecule has 0 amide bonds. The van der Waals surface area contributed by atoms with E-state index in [-0.39, 0.29) is 6.54 Å². The molecular formula is C41H73NO8. The van der Waals surface area contributed by atoms with Crippen LogP contribution in [0.3, 0.4) is 0 Å². The molecule has 5 saturated carbocycles. The third kappa shape index (κ3) is 6.17. The van der Waals surface area contributed by atoms with Gasteiger partial charge in [-0.05, 0) is 140 Å². The minimum Gasteiger partial charge on any atom is -0.390 e. The van der Waals surface area contributed by atoms with Crippen molar-refractivity contribution in [2.45, 2.75) is 181 Å². The van der Waals surface area contributed by atoms with Crippen molar-refractivity contribution in [3.8, 4) is 0 Å². The van der Waals surface area contributed by atoms with E-state index in [9.17, 15) is 30.6 Å². The van der Waals surface area contributed by atoms with Crippen LogP contribution in [0.25, 0.3) is 0 Å². The van der Waals surface area contributed by atoms with Gasteiger partial charge in [-0.1, -0.05) is 54.9 Å². The van der Waals surface area contributed by atoms with E-state index >= 15 is 0 Å². The molecule has 6 aliphatic rings. The molecule has 8 N–H and O–H groups in total. The van der Waals surface area contributed by atoms with Crippen LogP contribution < -0.4 is 5.73 Å². The van der Waals surface area contributed by atoms with Gasteiger partial charge >= 0.3 is 0 Å². The molecule has 0 aromatic carbocycles. The van der Waals surface area contributed by atoms with Gasteiger partial charge in [-0.3, -0.25) is 0 Å². The molecule has 0 aromatic rings. The molecule has 0 bridgehead atoms. The van der Waals surface area contributed by atoms with Crippen LogP contribution in [0.15, 0.2) is 0 Å². The Bertz CT molecular complexity index is 1190. The van der Waals surface area contributed by atoms with E-state index in [1.54, 1.807) is 0 Å².